The van der Waals surface area contributed by atoms with Crippen LogP contribution in [0.2, 0.25) is 0 Å². The SMILES string of the molecule is CC(C)(C)C1=CC(c2cccc3c4c(c5[c-]cccc5c23)Cc2ccccc2-4)C=C1.[CH2-]C.[Cl-].[Cl-].[Zr+4]. The van der Waals surface area contributed by atoms with Crippen molar-refractivity contribution in [2.75, 3.05) is 0 Å². The fourth-order valence-corrected chi connectivity index (χ4v) is 5.34. The van der Waals surface area contributed by atoms with E-state index in [2.05, 4.69) is 113 Å². The van der Waals surface area contributed by atoms with Crippen molar-refractivity contribution < 1.29 is 51.0 Å². The van der Waals surface area contributed by atoms with Crippen LogP contribution in [0.5, 0.6) is 0 Å². The summed E-state index contributed by atoms with van der Waals surface area (Å²) >= 11 is 0. The Morgan fingerprint density at radius 2 is 1.60 bits per heavy atom. The molecule has 176 valence electrons. The van der Waals surface area contributed by atoms with Gasteiger partial charge in [-0.05, 0) is 50.4 Å². The number of fused-ring (bicyclic) bond motifs is 8. The van der Waals surface area contributed by atoms with E-state index in [0.29, 0.717) is 5.92 Å². The molecule has 0 heterocycles. The zero-order chi connectivity index (χ0) is 22.5. The Bertz CT molecular complexity index is 1410. The van der Waals surface area contributed by atoms with Crippen molar-refractivity contribution in [3.63, 3.8) is 0 Å². The molecular weight excluding hydrogens is 546 g/mol. The summed E-state index contributed by atoms with van der Waals surface area (Å²) in [6.07, 6.45) is 8.14. The van der Waals surface area contributed by atoms with Gasteiger partial charge in [0.15, 0.2) is 0 Å². The van der Waals surface area contributed by atoms with E-state index in [4.69, 9.17) is 0 Å². The normalized spacial score (nSPS) is 15.1. The molecule has 0 nitrogen and oxygen atoms in total. The van der Waals surface area contributed by atoms with Crippen LogP contribution in [0.1, 0.15) is 50.3 Å². The molecule has 6 rings (SSSR count). The van der Waals surface area contributed by atoms with Gasteiger partial charge in [0.2, 0.25) is 0 Å². The minimum atomic E-state index is 0. The number of hydrogen-bond acceptors (Lipinski definition) is 0. The fourth-order valence-electron chi connectivity index (χ4n) is 5.34. The van der Waals surface area contributed by atoms with Gasteiger partial charge in [0.05, 0.1) is 0 Å². The zero-order valence-electron chi connectivity index (χ0n) is 20.8. The number of hydrogen-bond donors (Lipinski definition) is 0. The molecule has 0 N–H and O–H groups in total. The molecule has 4 aromatic rings. The molecule has 2 aliphatic carbocycles. The van der Waals surface area contributed by atoms with Crippen LogP contribution in [0.3, 0.4) is 0 Å². The average Bonchev–Trinajstić information content (AvgIpc) is 3.46. The molecule has 0 amide bonds. The molecule has 0 spiro atoms. The van der Waals surface area contributed by atoms with Crippen LogP contribution in [0.25, 0.3) is 32.7 Å². The van der Waals surface area contributed by atoms with Gasteiger partial charge >= 0.3 is 26.2 Å². The molecule has 2 aliphatic rings. The van der Waals surface area contributed by atoms with Crippen LogP contribution in [-0.2, 0) is 32.6 Å². The average molecular weight is 577 g/mol. The van der Waals surface area contributed by atoms with Crippen LogP contribution in [-0.4, -0.2) is 0 Å². The maximum Gasteiger partial charge on any atom is 4.00 e. The molecule has 0 aromatic heterocycles. The van der Waals surface area contributed by atoms with Crippen LogP contribution < -0.4 is 24.8 Å². The quantitative estimate of drug-likeness (QED) is 0.213. The number of allylic oxidation sites excluding steroid dienone is 4. The van der Waals surface area contributed by atoms with Gasteiger partial charge in [0.1, 0.15) is 0 Å². The third kappa shape index (κ3) is 4.98. The van der Waals surface area contributed by atoms with Crippen molar-refractivity contribution >= 4 is 21.5 Å². The summed E-state index contributed by atoms with van der Waals surface area (Å²) < 4.78 is 0. The Kier molecular flexibility index (Phi) is 9.80. The van der Waals surface area contributed by atoms with Gasteiger partial charge in [-0.2, -0.15) is 6.92 Å². The smallest absolute Gasteiger partial charge is 1.00 e. The minimum Gasteiger partial charge on any atom is -1.00 e. The Morgan fingerprint density at radius 1 is 0.886 bits per heavy atom. The fraction of sp³-hybridized carbons (Fsp3) is 0.219. The standard InChI is InChI=1S/C30H25.C2H5.2ClH.Zr/c1-30(2,3)21-16-15-20(17-21)23-13-8-14-26-28(23)25-12-7-6-11-24(25)27-18-19-9-4-5-10-22(19)29(26)27;1-2;;;/h4-10,12-17,20H,18H2,1-3H3;1H2,2H3;2*1H;/q2*-1;;;+4/p-2. The van der Waals surface area contributed by atoms with Crippen molar-refractivity contribution in [3.05, 3.63) is 114 Å². The van der Waals surface area contributed by atoms with E-state index < -0.39 is 0 Å². The van der Waals surface area contributed by atoms with E-state index in [9.17, 15) is 0 Å². The first-order chi connectivity index (χ1) is 15.5. The van der Waals surface area contributed by atoms with Crippen molar-refractivity contribution in [2.24, 2.45) is 5.41 Å². The van der Waals surface area contributed by atoms with E-state index in [0.717, 1.165) is 6.42 Å². The summed E-state index contributed by atoms with van der Waals surface area (Å²) in [4.78, 5) is 0. The van der Waals surface area contributed by atoms with Gasteiger partial charge < -0.3 is 31.7 Å². The van der Waals surface area contributed by atoms with Gasteiger partial charge in [0, 0.05) is 5.92 Å². The minimum absolute atomic E-state index is 0. The van der Waals surface area contributed by atoms with E-state index in [1.165, 1.54) is 54.9 Å². The van der Waals surface area contributed by atoms with Gasteiger partial charge in [-0.15, -0.1) is 40.6 Å². The molecule has 4 aromatic carbocycles. The molecule has 0 bridgehead atoms. The molecule has 35 heavy (non-hydrogen) atoms. The maximum absolute atomic E-state index is 3.60. The third-order valence-corrected chi connectivity index (χ3v) is 6.82. The Hall–Kier alpha value is -1.66. The van der Waals surface area contributed by atoms with E-state index in [-0.39, 0.29) is 56.4 Å². The first-order valence-electron chi connectivity index (χ1n) is 11.6. The van der Waals surface area contributed by atoms with E-state index in [1.807, 2.05) is 0 Å². The molecule has 0 saturated carbocycles. The third-order valence-electron chi connectivity index (χ3n) is 6.82. The molecule has 3 heteroatoms. The van der Waals surface area contributed by atoms with Crippen molar-refractivity contribution in [1.29, 1.82) is 0 Å². The summed E-state index contributed by atoms with van der Waals surface area (Å²) in [5.41, 5.74) is 8.67. The van der Waals surface area contributed by atoms with Crippen molar-refractivity contribution in [1.82, 2.24) is 0 Å². The van der Waals surface area contributed by atoms with Crippen LogP contribution in [0.15, 0.2) is 84.5 Å². The first kappa shape index (κ1) is 29.6. The van der Waals surface area contributed by atoms with Crippen LogP contribution in [0.4, 0.5) is 0 Å². The molecule has 0 radical (unpaired) electrons. The van der Waals surface area contributed by atoms with Crippen molar-refractivity contribution in [3.8, 4) is 11.1 Å². The maximum atomic E-state index is 3.60. The second-order valence-electron chi connectivity index (χ2n) is 9.67. The second kappa shape index (κ2) is 11.6. The largest absolute Gasteiger partial charge is 4.00 e. The van der Waals surface area contributed by atoms with Crippen LogP contribution >= 0.6 is 0 Å². The molecule has 1 atom stereocenters. The van der Waals surface area contributed by atoms with Crippen molar-refractivity contribution in [2.45, 2.75) is 40.0 Å². The zero-order valence-corrected chi connectivity index (χ0v) is 24.7. The van der Waals surface area contributed by atoms with E-state index in [1.54, 1.807) is 6.92 Å². The van der Waals surface area contributed by atoms with E-state index >= 15 is 0 Å². The van der Waals surface area contributed by atoms with Gasteiger partial charge in [0.25, 0.3) is 0 Å². The molecule has 0 fully saturated rings. The van der Waals surface area contributed by atoms with Gasteiger partial charge in [-0.25, -0.2) is 0 Å². The summed E-state index contributed by atoms with van der Waals surface area (Å²) in [5, 5.41) is 5.39. The topological polar surface area (TPSA) is 0 Å². The van der Waals surface area contributed by atoms with Gasteiger partial charge in [-0.1, -0.05) is 81.5 Å². The molecule has 0 saturated heterocycles. The second-order valence-corrected chi connectivity index (χ2v) is 9.67. The summed E-state index contributed by atoms with van der Waals surface area (Å²) in [7, 11) is 0. The number of benzene rings is 4. The molecule has 1 unspecified atom stereocenters. The van der Waals surface area contributed by atoms with Crippen LogP contribution in [0, 0.1) is 18.4 Å². The number of rotatable bonds is 1. The molecule has 0 aliphatic heterocycles. The Labute approximate surface area is 241 Å². The predicted octanol–water partition coefficient (Wildman–Crippen LogP) is 2.84. The number of halogens is 2. The monoisotopic (exact) mass is 574 g/mol. The first-order valence-corrected chi connectivity index (χ1v) is 11.6. The van der Waals surface area contributed by atoms with Gasteiger partial charge in [-0.3, -0.25) is 0 Å². The Morgan fingerprint density at radius 3 is 2.31 bits per heavy atom. The summed E-state index contributed by atoms with van der Waals surface area (Å²) in [5.74, 6) is 0.320. The predicted molar refractivity (Wildman–Crippen MR) is 139 cm³/mol. The Balaban J connectivity index is 0.000000844. The summed E-state index contributed by atoms with van der Waals surface area (Å²) in [6, 6.07) is 25.8. The molecular formula is C32H30Cl2Zr. The summed E-state index contributed by atoms with van der Waals surface area (Å²) in [6.45, 7) is 11.9.